The van der Waals surface area contributed by atoms with Gasteiger partial charge in [0.25, 0.3) is 6.54 Å². The Morgan fingerprint density at radius 2 is 2.78 bits per heavy atom. The maximum atomic E-state index is 3.90. The summed E-state index contributed by atoms with van der Waals surface area (Å²) in [4.78, 5) is 3.90. The average Bonchev–Trinajstić information content (AvgIpc) is 2.34. The molecular weight excluding hydrogens is 114 g/mol. The van der Waals surface area contributed by atoms with Crippen molar-refractivity contribution in [3.8, 4) is 6.07 Å². The van der Waals surface area contributed by atoms with Crippen LogP contribution in [0.5, 0.6) is 0 Å². The van der Waals surface area contributed by atoms with Gasteiger partial charge < -0.3 is 0 Å². The normalized spacial score (nSPS) is 8.11. The predicted octanol–water partition coefficient (Wildman–Crippen LogP) is 1.11. The molecule has 46 valence electrons. The van der Waals surface area contributed by atoms with Crippen molar-refractivity contribution in [1.29, 1.82) is 0 Å². The van der Waals surface area contributed by atoms with Gasteiger partial charge in [-0.1, -0.05) is 4.85 Å². The van der Waals surface area contributed by atoms with E-state index in [-0.39, 0.29) is 0 Å². The van der Waals surface area contributed by atoms with Crippen LogP contribution in [-0.4, -0.2) is 16.7 Å². The summed E-state index contributed by atoms with van der Waals surface area (Å²) in [5.74, 6) is 0. The minimum atomic E-state index is 0.769. The Balaban J connectivity index is 2.67. The smallest absolute Gasteiger partial charge is 0.284 e. The molecule has 0 saturated carbocycles. The lowest BCUT2D eigenvalue weighted by atomic mass is 10.4. The molecular formula is C6H8N3+. The van der Waals surface area contributed by atoms with Gasteiger partial charge in [0, 0.05) is 13.1 Å². The third-order valence-electron chi connectivity index (χ3n) is 0.864. The third kappa shape index (κ3) is 1.57. The molecule has 0 aliphatic rings. The van der Waals surface area contributed by atoms with Crippen LogP contribution >= 0.6 is 0 Å². The average molecular weight is 122 g/mol. The Morgan fingerprint density at radius 1 is 1.89 bits per heavy atom. The van der Waals surface area contributed by atoms with Crippen molar-refractivity contribution in [2.24, 2.45) is 0 Å². The van der Waals surface area contributed by atoms with Crippen molar-refractivity contribution in [2.45, 2.75) is 6.92 Å². The summed E-state index contributed by atoms with van der Waals surface area (Å²) in [7, 11) is 0. The van der Waals surface area contributed by atoms with E-state index in [9.17, 15) is 0 Å². The Bertz CT molecular complexity index is 214. The maximum Gasteiger partial charge on any atom is 0.314 e. The fourth-order valence-corrected chi connectivity index (χ4v) is 0.482. The molecule has 1 aromatic rings. The molecule has 0 unspecified atom stereocenters. The molecule has 0 radical (unpaired) electrons. The van der Waals surface area contributed by atoms with E-state index in [0.29, 0.717) is 0 Å². The lowest BCUT2D eigenvalue weighted by Crippen LogP contribution is -1.62. The van der Waals surface area contributed by atoms with Gasteiger partial charge in [-0.2, -0.15) is 5.10 Å². The van der Waals surface area contributed by atoms with Crippen LogP contribution in [0.25, 0.3) is 4.85 Å². The highest BCUT2D eigenvalue weighted by atomic mass is 15.1. The van der Waals surface area contributed by atoms with Gasteiger partial charge in [0.15, 0.2) is 0 Å². The number of aromatic amines is 1. The molecule has 0 saturated heterocycles. The maximum absolute atomic E-state index is 3.90. The second-order valence-electron chi connectivity index (χ2n) is 1.57. The quantitative estimate of drug-likeness (QED) is 0.549. The first-order chi connectivity index (χ1) is 4.43. The number of aromatic nitrogens is 2. The summed E-state index contributed by atoms with van der Waals surface area (Å²) in [5, 5.41) is 6.39. The summed E-state index contributed by atoms with van der Waals surface area (Å²) < 4.78 is 0. The standard InChI is InChI=1S/C6H7N3/c1-2-7-3-6-4-8-9-5-6/h4-5H,2H2,1H3/p+1. The number of nitrogens with zero attached hydrogens (tertiary/aromatic N) is 2. The van der Waals surface area contributed by atoms with Gasteiger partial charge in [-0.15, -0.1) is 0 Å². The monoisotopic (exact) mass is 122 g/mol. The van der Waals surface area contributed by atoms with Crippen LogP contribution in [0.4, 0.5) is 0 Å². The van der Waals surface area contributed by atoms with E-state index >= 15 is 0 Å². The minimum Gasteiger partial charge on any atom is -0.284 e. The lowest BCUT2D eigenvalue weighted by molar-refractivity contribution is 1.09. The second kappa shape index (κ2) is 2.88. The molecule has 3 nitrogen and oxygen atoms in total. The molecule has 1 rings (SSSR count). The van der Waals surface area contributed by atoms with Gasteiger partial charge in [-0.3, -0.25) is 5.10 Å². The first-order valence-electron chi connectivity index (χ1n) is 2.84. The molecule has 1 heterocycles. The first-order valence-corrected chi connectivity index (χ1v) is 2.84. The number of rotatable bonds is 0. The number of H-pyrrole nitrogens is 1. The molecule has 9 heavy (non-hydrogen) atoms. The highest BCUT2D eigenvalue weighted by molar-refractivity contribution is 5.24. The van der Waals surface area contributed by atoms with Crippen LogP contribution in [0.2, 0.25) is 0 Å². The zero-order valence-electron chi connectivity index (χ0n) is 5.26. The number of hydrogen-bond acceptors (Lipinski definition) is 1. The van der Waals surface area contributed by atoms with E-state index in [0.717, 1.165) is 12.1 Å². The van der Waals surface area contributed by atoms with Crippen LogP contribution in [0.1, 0.15) is 12.5 Å². The molecule has 0 amide bonds. The van der Waals surface area contributed by atoms with E-state index < -0.39 is 0 Å². The summed E-state index contributed by atoms with van der Waals surface area (Å²) in [5.41, 5.74) is 0.900. The molecule has 0 atom stereocenters. The van der Waals surface area contributed by atoms with Crippen LogP contribution in [0, 0.1) is 6.07 Å². The summed E-state index contributed by atoms with van der Waals surface area (Å²) in [6.07, 6.45) is 3.43. The summed E-state index contributed by atoms with van der Waals surface area (Å²) in [6, 6.07) is 2.81. The van der Waals surface area contributed by atoms with Gasteiger partial charge in [-0.25, -0.2) is 0 Å². The number of hydrogen-bond donors (Lipinski definition) is 1. The lowest BCUT2D eigenvalue weighted by Gasteiger charge is -1.58. The zero-order valence-corrected chi connectivity index (χ0v) is 5.26. The van der Waals surface area contributed by atoms with E-state index in [2.05, 4.69) is 21.1 Å². The van der Waals surface area contributed by atoms with Crippen LogP contribution in [0.15, 0.2) is 12.4 Å². The van der Waals surface area contributed by atoms with Crippen molar-refractivity contribution in [1.82, 2.24) is 10.2 Å². The summed E-state index contributed by atoms with van der Waals surface area (Å²) >= 11 is 0. The second-order valence-corrected chi connectivity index (χ2v) is 1.57. The fraction of sp³-hybridized carbons (Fsp3) is 0.333. The van der Waals surface area contributed by atoms with Crippen LogP contribution < -0.4 is 0 Å². The van der Waals surface area contributed by atoms with Gasteiger partial charge in [0.1, 0.15) is 5.56 Å². The minimum absolute atomic E-state index is 0.769. The van der Waals surface area contributed by atoms with Crippen molar-refractivity contribution < 1.29 is 0 Å². The molecule has 0 aromatic carbocycles. The first kappa shape index (κ1) is 5.83. The fourth-order valence-electron chi connectivity index (χ4n) is 0.482. The topological polar surface area (TPSA) is 33.0 Å². The SMILES string of the molecule is CC[N+]#Cc1cn[nH]c1. The molecule has 0 aliphatic carbocycles. The van der Waals surface area contributed by atoms with Crippen LogP contribution in [-0.2, 0) is 0 Å². The Morgan fingerprint density at radius 3 is 3.33 bits per heavy atom. The molecule has 3 heteroatoms. The van der Waals surface area contributed by atoms with E-state index in [1.165, 1.54) is 0 Å². The Kier molecular flexibility index (Phi) is 1.86. The van der Waals surface area contributed by atoms with E-state index in [1.54, 1.807) is 12.4 Å². The van der Waals surface area contributed by atoms with Gasteiger partial charge in [0.2, 0.25) is 0 Å². The van der Waals surface area contributed by atoms with E-state index in [1.807, 2.05) is 6.92 Å². The molecule has 1 N–H and O–H groups in total. The highest BCUT2D eigenvalue weighted by Gasteiger charge is 1.91. The van der Waals surface area contributed by atoms with Crippen molar-refractivity contribution in [3.05, 3.63) is 22.8 Å². The van der Waals surface area contributed by atoms with Crippen LogP contribution in [0.3, 0.4) is 0 Å². The third-order valence-corrected chi connectivity index (χ3v) is 0.864. The summed E-state index contributed by atoms with van der Waals surface area (Å²) in [6.45, 7) is 2.73. The van der Waals surface area contributed by atoms with Crippen molar-refractivity contribution in [2.75, 3.05) is 6.54 Å². The highest BCUT2D eigenvalue weighted by Crippen LogP contribution is 1.88. The Hall–Kier alpha value is -1.30. The van der Waals surface area contributed by atoms with Crippen molar-refractivity contribution >= 4 is 0 Å². The van der Waals surface area contributed by atoms with Gasteiger partial charge in [-0.05, 0) is 0 Å². The molecule has 0 spiro atoms. The number of nitrogens with one attached hydrogen (secondary N) is 1. The molecule has 0 fully saturated rings. The largest absolute Gasteiger partial charge is 0.314 e. The molecule has 0 aliphatic heterocycles. The van der Waals surface area contributed by atoms with Gasteiger partial charge >= 0.3 is 6.07 Å². The van der Waals surface area contributed by atoms with Crippen molar-refractivity contribution in [3.63, 3.8) is 0 Å². The van der Waals surface area contributed by atoms with E-state index in [4.69, 9.17) is 0 Å². The molecule has 1 aromatic heterocycles. The Labute approximate surface area is 53.5 Å². The van der Waals surface area contributed by atoms with Gasteiger partial charge in [0.05, 0.1) is 6.20 Å². The predicted molar refractivity (Wildman–Crippen MR) is 35.5 cm³/mol. The molecule has 0 bridgehead atoms. The zero-order chi connectivity index (χ0) is 6.53.